The summed E-state index contributed by atoms with van der Waals surface area (Å²) in [5.74, 6) is -1.57. The Hall–Kier alpha value is -1.63. The minimum absolute atomic E-state index is 0.112. The number of primary amides is 2. The predicted molar refractivity (Wildman–Crippen MR) is 58.5 cm³/mol. The Morgan fingerprint density at radius 1 is 1.24 bits per heavy atom. The van der Waals surface area contributed by atoms with Gasteiger partial charge in [0.2, 0.25) is 11.8 Å². The molecule has 0 aromatic carbocycles. The van der Waals surface area contributed by atoms with E-state index in [0.29, 0.717) is 0 Å². The average molecular weight is 243 g/mol. The maximum Gasteiger partial charge on any atom is 0.323 e. The molecular formula is C10H17N3O4. The number of nitrogens with zero attached hydrogens (tertiary/aromatic N) is 1. The summed E-state index contributed by atoms with van der Waals surface area (Å²) < 4.78 is 4.67. The predicted octanol–water partition coefficient (Wildman–Crippen LogP) is -1.79. The maximum absolute atomic E-state index is 11.6. The number of carbonyl (C=O) groups excluding carboxylic acids is 3. The second kappa shape index (κ2) is 5.62. The van der Waals surface area contributed by atoms with Gasteiger partial charge in [0.25, 0.3) is 0 Å². The van der Waals surface area contributed by atoms with Crippen LogP contribution in [0.4, 0.5) is 0 Å². The molecule has 1 fully saturated rings. The summed E-state index contributed by atoms with van der Waals surface area (Å²) in [5, 5.41) is 0. The molecule has 0 radical (unpaired) electrons. The molecule has 1 atom stereocenters. The van der Waals surface area contributed by atoms with Crippen molar-refractivity contribution in [2.45, 2.75) is 18.9 Å². The molecule has 0 aromatic rings. The summed E-state index contributed by atoms with van der Waals surface area (Å²) >= 11 is 0. The Morgan fingerprint density at radius 2 is 1.71 bits per heavy atom. The molecule has 0 spiro atoms. The van der Waals surface area contributed by atoms with Crippen molar-refractivity contribution in [1.82, 2.24) is 4.90 Å². The zero-order valence-corrected chi connectivity index (χ0v) is 9.72. The van der Waals surface area contributed by atoms with Crippen molar-refractivity contribution in [1.29, 1.82) is 0 Å². The molecule has 7 nitrogen and oxygen atoms in total. The molecule has 1 rings (SSSR count). The number of hydrogen-bond acceptors (Lipinski definition) is 5. The first kappa shape index (κ1) is 13.4. The van der Waals surface area contributed by atoms with E-state index in [1.165, 1.54) is 12.0 Å². The highest BCUT2D eigenvalue weighted by molar-refractivity contribution is 5.82. The van der Waals surface area contributed by atoms with Gasteiger partial charge in [-0.25, -0.2) is 0 Å². The lowest BCUT2D eigenvalue weighted by atomic mass is 10.1. The number of amides is 2. The van der Waals surface area contributed by atoms with Crippen LogP contribution in [0.15, 0.2) is 0 Å². The summed E-state index contributed by atoms with van der Waals surface area (Å²) in [7, 11) is 1.27. The smallest absolute Gasteiger partial charge is 0.323 e. The minimum Gasteiger partial charge on any atom is -0.468 e. The SMILES string of the molecule is COC(=O)C(C1CC1)N(CC(N)=O)CC(N)=O. The molecule has 2 amide bonds. The van der Waals surface area contributed by atoms with Crippen molar-refractivity contribution >= 4 is 17.8 Å². The molecule has 1 aliphatic rings. The molecule has 0 saturated heterocycles. The molecule has 7 heteroatoms. The number of methoxy groups -OCH3 is 1. The van der Waals surface area contributed by atoms with Crippen LogP contribution in [0.5, 0.6) is 0 Å². The van der Waals surface area contributed by atoms with Gasteiger partial charge in [-0.2, -0.15) is 0 Å². The molecular weight excluding hydrogens is 226 g/mol. The van der Waals surface area contributed by atoms with Gasteiger partial charge in [0.15, 0.2) is 0 Å². The Balaban J connectivity index is 2.78. The quantitative estimate of drug-likeness (QED) is 0.512. The molecule has 4 N–H and O–H groups in total. The number of rotatable bonds is 7. The Bertz CT molecular complexity index is 312. The minimum atomic E-state index is -0.611. The van der Waals surface area contributed by atoms with Crippen molar-refractivity contribution < 1.29 is 19.1 Å². The molecule has 96 valence electrons. The Kier molecular flexibility index (Phi) is 4.45. The van der Waals surface area contributed by atoms with Crippen LogP contribution in [-0.2, 0) is 19.1 Å². The number of carbonyl (C=O) groups is 3. The largest absolute Gasteiger partial charge is 0.468 e. The standard InChI is InChI=1S/C10H17N3O4/c1-17-10(16)9(6-2-3-6)13(4-7(11)14)5-8(12)15/h6,9H,2-5H2,1H3,(H2,11,14)(H2,12,15). The van der Waals surface area contributed by atoms with Gasteiger partial charge in [0.05, 0.1) is 20.2 Å². The fourth-order valence-electron chi connectivity index (χ4n) is 1.83. The van der Waals surface area contributed by atoms with Crippen LogP contribution in [0.1, 0.15) is 12.8 Å². The van der Waals surface area contributed by atoms with Crippen LogP contribution in [0.3, 0.4) is 0 Å². The monoisotopic (exact) mass is 243 g/mol. The highest BCUT2D eigenvalue weighted by Gasteiger charge is 2.41. The first-order valence-electron chi connectivity index (χ1n) is 5.34. The Labute approximate surface area is 99.1 Å². The van der Waals surface area contributed by atoms with Gasteiger partial charge in [-0.15, -0.1) is 0 Å². The van der Waals surface area contributed by atoms with Crippen LogP contribution in [0.25, 0.3) is 0 Å². The van der Waals surface area contributed by atoms with E-state index in [0.717, 1.165) is 12.8 Å². The lowest BCUT2D eigenvalue weighted by molar-refractivity contribution is -0.148. The molecule has 1 aliphatic carbocycles. The summed E-state index contributed by atoms with van der Waals surface area (Å²) in [5.41, 5.74) is 10.2. The van der Waals surface area contributed by atoms with E-state index in [1.54, 1.807) is 0 Å². The molecule has 0 aliphatic heterocycles. The second-order valence-corrected chi connectivity index (χ2v) is 4.14. The van der Waals surface area contributed by atoms with Crippen LogP contribution in [0.2, 0.25) is 0 Å². The van der Waals surface area contributed by atoms with E-state index in [1.807, 2.05) is 0 Å². The zero-order valence-electron chi connectivity index (χ0n) is 9.72. The molecule has 17 heavy (non-hydrogen) atoms. The molecule has 1 saturated carbocycles. The van der Waals surface area contributed by atoms with Crippen LogP contribution in [-0.4, -0.2) is 48.9 Å². The normalized spacial score (nSPS) is 16.6. The molecule has 0 bridgehead atoms. The summed E-state index contributed by atoms with van der Waals surface area (Å²) in [4.78, 5) is 34.9. The fourth-order valence-corrected chi connectivity index (χ4v) is 1.83. The number of hydrogen-bond donors (Lipinski definition) is 2. The van der Waals surface area contributed by atoms with Gasteiger partial charge in [-0.1, -0.05) is 0 Å². The van der Waals surface area contributed by atoms with E-state index < -0.39 is 23.8 Å². The summed E-state index contributed by atoms with van der Waals surface area (Å²) in [6.07, 6.45) is 1.74. The van der Waals surface area contributed by atoms with Gasteiger partial charge in [0.1, 0.15) is 6.04 Å². The third-order valence-corrected chi connectivity index (χ3v) is 2.62. The number of nitrogens with two attached hydrogens (primary N) is 2. The van der Waals surface area contributed by atoms with E-state index in [-0.39, 0.29) is 19.0 Å². The van der Waals surface area contributed by atoms with Crippen molar-refractivity contribution in [2.24, 2.45) is 17.4 Å². The van der Waals surface area contributed by atoms with Crippen LogP contribution in [0, 0.1) is 5.92 Å². The topological polar surface area (TPSA) is 116 Å². The van der Waals surface area contributed by atoms with Gasteiger partial charge in [-0.3, -0.25) is 19.3 Å². The lowest BCUT2D eigenvalue weighted by Gasteiger charge is -2.27. The van der Waals surface area contributed by atoms with Crippen LogP contribution >= 0.6 is 0 Å². The van der Waals surface area contributed by atoms with Crippen molar-refractivity contribution in [2.75, 3.05) is 20.2 Å². The zero-order chi connectivity index (χ0) is 13.0. The third kappa shape index (κ3) is 4.03. The highest BCUT2D eigenvalue weighted by atomic mass is 16.5. The Morgan fingerprint density at radius 3 is 2.00 bits per heavy atom. The van der Waals surface area contributed by atoms with Gasteiger partial charge < -0.3 is 16.2 Å². The van der Waals surface area contributed by atoms with Crippen molar-refractivity contribution in [3.05, 3.63) is 0 Å². The van der Waals surface area contributed by atoms with E-state index >= 15 is 0 Å². The van der Waals surface area contributed by atoms with Crippen molar-refractivity contribution in [3.8, 4) is 0 Å². The van der Waals surface area contributed by atoms with E-state index in [2.05, 4.69) is 4.74 Å². The lowest BCUT2D eigenvalue weighted by Crippen LogP contribution is -2.50. The van der Waals surface area contributed by atoms with Gasteiger partial charge in [-0.05, 0) is 18.8 Å². The fraction of sp³-hybridized carbons (Fsp3) is 0.700. The van der Waals surface area contributed by atoms with E-state index in [9.17, 15) is 14.4 Å². The molecule has 0 heterocycles. The highest BCUT2D eigenvalue weighted by Crippen LogP contribution is 2.35. The second-order valence-electron chi connectivity index (χ2n) is 4.14. The van der Waals surface area contributed by atoms with Gasteiger partial charge in [0, 0.05) is 0 Å². The number of ether oxygens (including phenoxy) is 1. The van der Waals surface area contributed by atoms with Gasteiger partial charge >= 0.3 is 5.97 Å². The molecule has 0 aromatic heterocycles. The first-order valence-corrected chi connectivity index (χ1v) is 5.34. The summed E-state index contributed by atoms with van der Waals surface area (Å²) in [6, 6.07) is -0.611. The first-order chi connectivity index (χ1) is 7.95. The van der Waals surface area contributed by atoms with E-state index in [4.69, 9.17) is 11.5 Å². The van der Waals surface area contributed by atoms with Crippen molar-refractivity contribution in [3.63, 3.8) is 0 Å². The third-order valence-electron chi connectivity index (χ3n) is 2.62. The number of esters is 1. The molecule has 1 unspecified atom stereocenters. The summed E-state index contributed by atoms with van der Waals surface area (Å²) in [6.45, 7) is -0.363. The average Bonchev–Trinajstić information content (AvgIpc) is 2.99. The maximum atomic E-state index is 11.6. The van der Waals surface area contributed by atoms with Crippen LogP contribution < -0.4 is 11.5 Å².